The number of hydrogen-bond acceptors (Lipinski definition) is 2. The maximum atomic E-state index is 13.0. The van der Waals surface area contributed by atoms with Gasteiger partial charge in [-0.15, -0.1) is 0 Å². The van der Waals surface area contributed by atoms with Crippen molar-refractivity contribution in [1.82, 2.24) is 10.2 Å². The van der Waals surface area contributed by atoms with E-state index in [0.29, 0.717) is 18.5 Å². The number of carbonyl (C=O) groups excluding carboxylic acids is 1. The summed E-state index contributed by atoms with van der Waals surface area (Å²) in [7, 11) is 0. The summed E-state index contributed by atoms with van der Waals surface area (Å²) in [5.74, 6) is -2.43. The third-order valence-electron chi connectivity index (χ3n) is 2.72. The van der Waals surface area contributed by atoms with Crippen molar-refractivity contribution >= 4 is 12.0 Å². The zero-order chi connectivity index (χ0) is 15.8. The van der Waals surface area contributed by atoms with Crippen LogP contribution in [0.1, 0.15) is 18.9 Å². The topological polar surface area (TPSA) is 69.6 Å². The Bertz CT molecular complexity index is 489. The largest absolute Gasteiger partial charge is 0.480 e. The number of aliphatic carboxylic acids is 1. The fourth-order valence-corrected chi connectivity index (χ4v) is 1.87. The second-order valence-electron chi connectivity index (χ2n) is 4.57. The van der Waals surface area contributed by atoms with Gasteiger partial charge in [0.05, 0.1) is 0 Å². The second kappa shape index (κ2) is 8.18. The molecule has 0 aromatic heterocycles. The van der Waals surface area contributed by atoms with Gasteiger partial charge in [-0.3, -0.25) is 4.79 Å². The Hall–Kier alpha value is -2.18. The van der Waals surface area contributed by atoms with Crippen LogP contribution in [-0.2, 0) is 11.2 Å². The van der Waals surface area contributed by atoms with Crippen molar-refractivity contribution in [2.45, 2.75) is 19.8 Å². The number of carboxylic acids is 1. The molecule has 0 saturated carbocycles. The van der Waals surface area contributed by atoms with E-state index in [1.807, 2.05) is 6.92 Å². The van der Waals surface area contributed by atoms with E-state index in [4.69, 9.17) is 5.11 Å². The molecule has 0 heterocycles. The van der Waals surface area contributed by atoms with Crippen LogP contribution in [0.25, 0.3) is 0 Å². The van der Waals surface area contributed by atoms with Gasteiger partial charge in [-0.1, -0.05) is 6.92 Å². The van der Waals surface area contributed by atoms with Gasteiger partial charge < -0.3 is 15.3 Å². The van der Waals surface area contributed by atoms with Gasteiger partial charge in [0.15, 0.2) is 0 Å². The molecular weight excluding hydrogens is 282 g/mol. The van der Waals surface area contributed by atoms with E-state index >= 15 is 0 Å². The molecule has 0 bridgehead atoms. The molecule has 0 saturated heterocycles. The number of rotatable bonds is 7. The van der Waals surface area contributed by atoms with Gasteiger partial charge in [-0.05, 0) is 30.5 Å². The molecule has 0 aliphatic carbocycles. The molecule has 21 heavy (non-hydrogen) atoms. The predicted octanol–water partition coefficient (Wildman–Crippen LogP) is 2.01. The van der Waals surface area contributed by atoms with E-state index in [-0.39, 0.29) is 19.5 Å². The highest BCUT2D eigenvalue weighted by molar-refractivity contribution is 5.80. The molecule has 0 aliphatic heterocycles. The van der Waals surface area contributed by atoms with Crippen molar-refractivity contribution in [2.24, 2.45) is 0 Å². The van der Waals surface area contributed by atoms with E-state index in [2.05, 4.69) is 5.32 Å². The number of urea groups is 1. The molecule has 1 rings (SSSR count). The van der Waals surface area contributed by atoms with Crippen LogP contribution in [0.15, 0.2) is 18.2 Å². The summed E-state index contributed by atoms with van der Waals surface area (Å²) in [4.78, 5) is 23.6. The third-order valence-corrected chi connectivity index (χ3v) is 2.72. The van der Waals surface area contributed by atoms with Crippen LogP contribution in [0.4, 0.5) is 13.6 Å². The fraction of sp³-hybridized carbons (Fsp3) is 0.429. The van der Waals surface area contributed by atoms with Crippen LogP contribution in [0.3, 0.4) is 0 Å². The molecule has 2 N–H and O–H groups in total. The number of hydrogen-bond donors (Lipinski definition) is 2. The van der Waals surface area contributed by atoms with E-state index in [1.165, 1.54) is 17.0 Å². The summed E-state index contributed by atoms with van der Waals surface area (Å²) >= 11 is 0. The molecule has 0 aliphatic rings. The lowest BCUT2D eigenvalue weighted by molar-refractivity contribution is -0.137. The Balaban J connectivity index is 2.49. The van der Waals surface area contributed by atoms with Crippen LogP contribution < -0.4 is 5.32 Å². The van der Waals surface area contributed by atoms with E-state index in [0.717, 1.165) is 6.07 Å². The van der Waals surface area contributed by atoms with Gasteiger partial charge in [0.2, 0.25) is 0 Å². The lowest BCUT2D eigenvalue weighted by Gasteiger charge is -2.20. The Labute approximate surface area is 121 Å². The Morgan fingerprint density at radius 3 is 2.38 bits per heavy atom. The van der Waals surface area contributed by atoms with Gasteiger partial charge in [0.1, 0.15) is 18.2 Å². The zero-order valence-corrected chi connectivity index (χ0v) is 11.7. The number of carboxylic acid groups (broad SMARTS) is 1. The first-order valence-electron chi connectivity index (χ1n) is 6.62. The van der Waals surface area contributed by atoms with Crippen LogP contribution in [-0.4, -0.2) is 41.6 Å². The quantitative estimate of drug-likeness (QED) is 0.809. The van der Waals surface area contributed by atoms with Crippen LogP contribution in [0.5, 0.6) is 0 Å². The molecule has 1 aromatic rings. The minimum absolute atomic E-state index is 0.168. The maximum absolute atomic E-state index is 13.0. The van der Waals surface area contributed by atoms with Crippen molar-refractivity contribution in [3.63, 3.8) is 0 Å². The molecule has 5 nitrogen and oxygen atoms in total. The molecule has 0 atom stereocenters. The number of nitrogens with zero attached hydrogens (tertiary/aromatic N) is 1. The van der Waals surface area contributed by atoms with Crippen molar-refractivity contribution in [3.05, 3.63) is 35.4 Å². The molecule has 116 valence electrons. The van der Waals surface area contributed by atoms with Gasteiger partial charge in [-0.2, -0.15) is 0 Å². The molecule has 0 spiro atoms. The number of benzene rings is 1. The SMILES string of the molecule is CCCN(CC(=O)O)C(=O)NCCc1cc(F)cc(F)c1. The summed E-state index contributed by atoms with van der Waals surface area (Å²) in [6.07, 6.45) is 0.892. The number of nitrogens with one attached hydrogen (secondary N) is 1. The molecule has 0 unspecified atom stereocenters. The minimum Gasteiger partial charge on any atom is -0.480 e. The lowest BCUT2D eigenvalue weighted by atomic mass is 10.1. The Morgan fingerprint density at radius 2 is 1.86 bits per heavy atom. The van der Waals surface area contributed by atoms with Crippen molar-refractivity contribution in [3.8, 4) is 0 Å². The standard InChI is InChI=1S/C14H18F2N2O3/c1-2-5-18(9-13(19)20)14(21)17-4-3-10-6-11(15)8-12(16)7-10/h6-8H,2-5,9H2,1H3,(H,17,21)(H,19,20). The summed E-state index contributed by atoms with van der Waals surface area (Å²) in [6, 6.07) is 2.65. The third kappa shape index (κ3) is 6.20. The van der Waals surface area contributed by atoms with Gasteiger partial charge in [0.25, 0.3) is 0 Å². The highest BCUT2D eigenvalue weighted by Gasteiger charge is 2.15. The predicted molar refractivity (Wildman–Crippen MR) is 73.0 cm³/mol. The molecule has 1 aromatic carbocycles. The monoisotopic (exact) mass is 300 g/mol. The summed E-state index contributed by atoms with van der Waals surface area (Å²) in [6.45, 7) is 1.94. The first-order chi connectivity index (χ1) is 9.92. The van der Waals surface area contributed by atoms with Gasteiger partial charge in [-0.25, -0.2) is 13.6 Å². The summed E-state index contributed by atoms with van der Waals surface area (Å²) in [5, 5.41) is 11.3. The van der Waals surface area contributed by atoms with Crippen LogP contribution >= 0.6 is 0 Å². The highest BCUT2D eigenvalue weighted by atomic mass is 19.1. The van der Waals surface area contributed by atoms with Crippen LogP contribution in [0.2, 0.25) is 0 Å². The number of amides is 2. The molecular formula is C14H18F2N2O3. The molecule has 2 amide bonds. The smallest absolute Gasteiger partial charge is 0.323 e. The van der Waals surface area contributed by atoms with Crippen molar-refractivity contribution in [2.75, 3.05) is 19.6 Å². The van der Waals surface area contributed by atoms with Crippen LogP contribution in [0, 0.1) is 11.6 Å². The number of halogens is 2. The Morgan fingerprint density at radius 1 is 1.24 bits per heavy atom. The summed E-state index contributed by atoms with van der Waals surface area (Å²) in [5.41, 5.74) is 0.424. The first-order valence-corrected chi connectivity index (χ1v) is 6.62. The molecule has 0 radical (unpaired) electrons. The van der Waals surface area contributed by atoms with E-state index in [1.54, 1.807) is 0 Å². The summed E-state index contributed by atoms with van der Waals surface area (Å²) < 4.78 is 26.0. The average Bonchev–Trinajstić information content (AvgIpc) is 2.36. The lowest BCUT2D eigenvalue weighted by Crippen LogP contribution is -2.43. The number of carbonyl (C=O) groups is 2. The highest BCUT2D eigenvalue weighted by Crippen LogP contribution is 2.08. The fourth-order valence-electron chi connectivity index (χ4n) is 1.87. The zero-order valence-electron chi connectivity index (χ0n) is 11.7. The minimum atomic E-state index is -1.09. The van der Waals surface area contributed by atoms with Crippen molar-refractivity contribution < 1.29 is 23.5 Å². The normalized spacial score (nSPS) is 10.2. The maximum Gasteiger partial charge on any atom is 0.323 e. The van der Waals surface area contributed by atoms with E-state index in [9.17, 15) is 18.4 Å². The Kier molecular flexibility index (Phi) is 6.58. The molecule has 0 fully saturated rings. The van der Waals surface area contributed by atoms with Gasteiger partial charge >= 0.3 is 12.0 Å². The first kappa shape index (κ1) is 16.9. The van der Waals surface area contributed by atoms with E-state index < -0.39 is 23.6 Å². The molecule has 7 heteroatoms. The second-order valence-corrected chi connectivity index (χ2v) is 4.57. The average molecular weight is 300 g/mol. The van der Waals surface area contributed by atoms with Crippen molar-refractivity contribution in [1.29, 1.82) is 0 Å². The van der Waals surface area contributed by atoms with Gasteiger partial charge in [0, 0.05) is 19.2 Å².